The van der Waals surface area contributed by atoms with Gasteiger partial charge in [0.2, 0.25) is 0 Å². The molecule has 1 aliphatic heterocycles. The maximum atomic E-state index is 11.2. The number of hydrogen-bond donors (Lipinski definition) is 0. The van der Waals surface area contributed by atoms with Crippen molar-refractivity contribution in [1.29, 1.82) is 0 Å². The van der Waals surface area contributed by atoms with Crippen LogP contribution in [0.4, 0.5) is 0 Å². The van der Waals surface area contributed by atoms with Gasteiger partial charge in [0, 0.05) is 12.8 Å². The first-order valence-corrected chi connectivity index (χ1v) is 5.46. The lowest BCUT2D eigenvalue weighted by Gasteiger charge is -1.98. The molecule has 0 aromatic heterocycles. The van der Waals surface area contributed by atoms with E-state index in [9.17, 15) is 4.79 Å². The second kappa shape index (κ2) is 6.14. The van der Waals surface area contributed by atoms with Gasteiger partial charge in [0.25, 0.3) is 0 Å². The Morgan fingerprint density at radius 2 is 2.00 bits per heavy atom. The zero-order valence-corrected chi connectivity index (χ0v) is 8.55. The van der Waals surface area contributed by atoms with Crippen molar-refractivity contribution in [3.8, 4) is 0 Å². The van der Waals surface area contributed by atoms with E-state index >= 15 is 0 Å². The van der Waals surface area contributed by atoms with Crippen molar-refractivity contribution in [2.45, 2.75) is 58.0 Å². The molecule has 13 heavy (non-hydrogen) atoms. The fraction of sp³-hybridized carbons (Fsp3) is 0.909. The van der Waals surface area contributed by atoms with E-state index in [1.807, 2.05) is 0 Å². The Hall–Kier alpha value is -0.370. The Morgan fingerprint density at radius 1 is 1.31 bits per heavy atom. The molecule has 1 fully saturated rings. The molecule has 0 saturated carbocycles. The second-order valence-electron chi connectivity index (χ2n) is 3.86. The smallest absolute Gasteiger partial charge is 0.135 e. The van der Waals surface area contributed by atoms with Crippen LogP contribution in [0.5, 0.6) is 0 Å². The topological polar surface area (TPSA) is 29.6 Å². The van der Waals surface area contributed by atoms with Crippen LogP contribution in [0.1, 0.15) is 51.9 Å². The summed E-state index contributed by atoms with van der Waals surface area (Å²) in [5.41, 5.74) is 0. The van der Waals surface area contributed by atoms with E-state index in [1.165, 1.54) is 25.7 Å². The summed E-state index contributed by atoms with van der Waals surface area (Å²) in [6.45, 7) is 3.01. The highest BCUT2D eigenvalue weighted by atomic mass is 16.6. The molecule has 76 valence electrons. The zero-order valence-electron chi connectivity index (χ0n) is 8.55. The number of epoxide rings is 1. The van der Waals surface area contributed by atoms with Crippen molar-refractivity contribution in [2.75, 3.05) is 6.61 Å². The van der Waals surface area contributed by atoms with E-state index in [2.05, 4.69) is 6.92 Å². The van der Waals surface area contributed by atoms with E-state index in [1.54, 1.807) is 0 Å². The summed E-state index contributed by atoms with van der Waals surface area (Å²) in [6, 6.07) is 0. The lowest BCUT2D eigenvalue weighted by Crippen LogP contribution is -2.01. The Labute approximate surface area is 80.7 Å². The third-order valence-corrected chi connectivity index (χ3v) is 2.42. The summed E-state index contributed by atoms with van der Waals surface area (Å²) < 4.78 is 5.00. The first kappa shape index (κ1) is 10.7. The molecule has 2 heteroatoms. The number of carbonyl (C=O) groups is 1. The summed E-state index contributed by atoms with van der Waals surface area (Å²) in [6.07, 6.45) is 7.85. The average molecular weight is 184 g/mol. The molecule has 0 aromatic carbocycles. The number of carbonyl (C=O) groups excluding carboxylic acids is 1. The number of ketones is 1. The third-order valence-electron chi connectivity index (χ3n) is 2.42. The molecule has 1 aliphatic rings. The molecule has 0 spiro atoms. The number of unbranched alkanes of at least 4 members (excludes halogenated alkanes) is 4. The molecule has 1 heterocycles. The Balaban J connectivity index is 1.83. The van der Waals surface area contributed by atoms with Crippen LogP contribution in [0.25, 0.3) is 0 Å². The summed E-state index contributed by atoms with van der Waals surface area (Å²) in [4.78, 5) is 11.2. The molecule has 1 saturated heterocycles. The molecule has 0 radical (unpaired) electrons. The van der Waals surface area contributed by atoms with Crippen molar-refractivity contribution >= 4 is 5.78 Å². The number of Topliss-reactive ketones (excluding diaryl/α,β-unsaturated/α-hetero) is 1. The van der Waals surface area contributed by atoms with Gasteiger partial charge in [0.15, 0.2) is 0 Å². The van der Waals surface area contributed by atoms with Crippen molar-refractivity contribution < 1.29 is 9.53 Å². The van der Waals surface area contributed by atoms with Crippen LogP contribution in [-0.2, 0) is 9.53 Å². The number of hydrogen-bond acceptors (Lipinski definition) is 2. The minimum Gasteiger partial charge on any atom is -0.373 e. The molecule has 1 atom stereocenters. The standard InChI is InChI=1S/C11H20O2/c1-2-3-4-5-6-7-10(12)8-11-9-13-11/h11H,2-9H2,1H3. The largest absolute Gasteiger partial charge is 0.373 e. The highest BCUT2D eigenvalue weighted by molar-refractivity contribution is 5.79. The average Bonchev–Trinajstić information content (AvgIpc) is 2.88. The summed E-state index contributed by atoms with van der Waals surface area (Å²) >= 11 is 0. The predicted octanol–water partition coefficient (Wildman–Crippen LogP) is 2.70. The van der Waals surface area contributed by atoms with E-state index in [0.29, 0.717) is 12.2 Å². The lowest BCUT2D eigenvalue weighted by molar-refractivity contribution is -0.119. The van der Waals surface area contributed by atoms with Gasteiger partial charge in [-0.25, -0.2) is 0 Å². The van der Waals surface area contributed by atoms with Crippen LogP contribution in [-0.4, -0.2) is 18.5 Å². The van der Waals surface area contributed by atoms with Gasteiger partial charge in [-0.1, -0.05) is 32.6 Å². The number of ether oxygens (including phenoxy) is 1. The lowest BCUT2D eigenvalue weighted by atomic mass is 10.1. The van der Waals surface area contributed by atoms with Crippen molar-refractivity contribution in [3.63, 3.8) is 0 Å². The van der Waals surface area contributed by atoms with Gasteiger partial charge >= 0.3 is 0 Å². The van der Waals surface area contributed by atoms with Crippen LogP contribution < -0.4 is 0 Å². The maximum absolute atomic E-state index is 11.2. The molecule has 2 nitrogen and oxygen atoms in total. The number of rotatable bonds is 8. The normalized spacial score (nSPS) is 20.2. The molecule has 0 N–H and O–H groups in total. The highest BCUT2D eigenvalue weighted by Crippen LogP contribution is 2.15. The Morgan fingerprint density at radius 3 is 2.62 bits per heavy atom. The van der Waals surface area contributed by atoms with E-state index < -0.39 is 0 Å². The van der Waals surface area contributed by atoms with Crippen molar-refractivity contribution in [2.24, 2.45) is 0 Å². The summed E-state index contributed by atoms with van der Waals surface area (Å²) in [7, 11) is 0. The van der Waals surface area contributed by atoms with E-state index in [-0.39, 0.29) is 6.10 Å². The van der Waals surface area contributed by atoms with Crippen LogP contribution >= 0.6 is 0 Å². The van der Waals surface area contributed by atoms with Gasteiger partial charge in [0.1, 0.15) is 5.78 Å². The quantitative estimate of drug-likeness (QED) is 0.429. The van der Waals surface area contributed by atoms with E-state index in [4.69, 9.17) is 4.74 Å². The van der Waals surface area contributed by atoms with Gasteiger partial charge in [0.05, 0.1) is 12.7 Å². The fourth-order valence-corrected chi connectivity index (χ4v) is 1.47. The van der Waals surface area contributed by atoms with Gasteiger partial charge in [-0.15, -0.1) is 0 Å². The SMILES string of the molecule is CCCCCCCC(=O)CC1CO1. The predicted molar refractivity (Wildman–Crippen MR) is 52.7 cm³/mol. The molecule has 1 rings (SSSR count). The first-order chi connectivity index (χ1) is 6.33. The molecular weight excluding hydrogens is 164 g/mol. The van der Waals surface area contributed by atoms with Crippen LogP contribution in [0.3, 0.4) is 0 Å². The van der Waals surface area contributed by atoms with Crippen molar-refractivity contribution in [1.82, 2.24) is 0 Å². The van der Waals surface area contributed by atoms with Crippen LogP contribution in [0.2, 0.25) is 0 Å². The molecule has 0 aliphatic carbocycles. The molecular formula is C11H20O2. The third kappa shape index (κ3) is 5.81. The van der Waals surface area contributed by atoms with Gasteiger partial charge in [-0.05, 0) is 6.42 Å². The summed E-state index contributed by atoms with van der Waals surface area (Å²) in [5.74, 6) is 0.388. The maximum Gasteiger partial charge on any atom is 0.135 e. The van der Waals surface area contributed by atoms with Crippen molar-refractivity contribution in [3.05, 3.63) is 0 Å². The highest BCUT2D eigenvalue weighted by Gasteiger charge is 2.24. The monoisotopic (exact) mass is 184 g/mol. The first-order valence-electron chi connectivity index (χ1n) is 5.46. The zero-order chi connectivity index (χ0) is 9.52. The van der Waals surface area contributed by atoms with Crippen LogP contribution in [0.15, 0.2) is 0 Å². The molecule has 1 unspecified atom stereocenters. The summed E-state index contributed by atoms with van der Waals surface area (Å²) in [5, 5.41) is 0. The molecule has 0 aromatic rings. The molecule has 0 bridgehead atoms. The van der Waals surface area contributed by atoms with Gasteiger partial charge in [-0.2, -0.15) is 0 Å². The van der Waals surface area contributed by atoms with E-state index in [0.717, 1.165) is 19.4 Å². The fourth-order valence-electron chi connectivity index (χ4n) is 1.47. The minimum atomic E-state index is 0.281. The Kier molecular flexibility index (Phi) is 5.06. The Bertz CT molecular complexity index is 150. The second-order valence-corrected chi connectivity index (χ2v) is 3.86. The minimum absolute atomic E-state index is 0.281. The van der Waals surface area contributed by atoms with Gasteiger partial charge in [-0.3, -0.25) is 4.79 Å². The van der Waals surface area contributed by atoms with Crippen LogP contribution in [0, 0.1) is 0 Å². The molecule has 0 amide bonds. The van der Waals surface area contributed by atoms with Gasteiger partial charge < -0.3 is 4.74 Å².